The third-order valence-electron chi connectivity index (χ3n) is 4.68. The van der Waals surface area contributed by atoms with Crippen LogP contribution >= 0.6 is 0 Å². The molecule has 0 spiro atoms. The second-order valence-electron chi connectivity index (χ2n) is 6.45. The first-order chi connectivity index (χ1) is 11.3. The van der Waals surface area contributed by atoms with Crippen molar-refractivity contribution >= 4 is 26.8 Å². The Labute approximate surface area is 143 Å². The monoisotopic (exact) mass is 346 g/mol. The number of rotatable bonds is 3. The summed E-state index contributed by atoms with van der Waals surface area (Å²) in [5.74, 6) is 3.50. The zero-order valence-electron chi connectivity index (χ0n) is 14.0. The zero-order chi connectivity index (χ0) is 17.5. The molecule has 5 heteroatoms. The van der Waals surface area contributed by atoms with Gasteiger partial charge in [-0.25, -0.2) is 12.9 Å². The fourth-order valence-electron chi connectivity index (χ4n) is 3.38. The molecule has 0 aromatic heterocycles. The highest BCUT2D eigenvalue weighted by molar-refractivity contribution is 7.98. The highest BCUT2D eigenvalue weighted by atomic mass is 32.2. The van der Waals surface area contributed by atoms with E-state index in [0.717, 1.165) is 31.5 Å². The minimum absolute atomic E-state index is 0.226. The number of hydrogen-bond acceptors (Lipinski definition) is 2. The van der Waals surface area contributed by atoms with E-state index in [1.807, 2.05) is 10.4 Å². The van der Waals surface area contributed by atoms with Gasteiger partial charge in [-0.1, -0.05) is 19.6 Å². The van der Waals surface area contributed by atoms with Crippen LogP contribution in [0.1, 0.15) is 31.7 Å². The lowest BCUT2D eigenvalue weighted by Crippen LogP contribution is -2.41. The molecule has 0 bridgehead atoms. The third-order valence-corrected chi connectivity index (χ3v) is 6.97. The van der Waals surface area contributed by atoms with E-state index >= 15 is 0 Å². The minimum Gasteiger partial charge on any atom is -0.355 e. The molecule has 0 aliphatic carbocycles. The molecule has 3 nitrogen and oxygen atoms in total. The van der Waals surface area contributed by atoms with E-state index in [1.54, 1.807) is 18.2 Å². The van der Waals surface area contributed by atoms with E-state index in [2.05, 4.69) is 31.3 Å². The van der Waals surface area contributed by atoms with Gasteiger partial charge in [-0.15, -0.1) is 0 Å². The van der Waals surface area contributed by atoms with E-state index in [-0.39, 0.29) is 6.04 Å². The maximum absolute atomic E-state index is 13.9. The van der Waals surface area contributed by atoms with Crippen molar-refractivity contribution in [2.45, 2.75) is 37.1 Å². The van der Waals surface area contributed by atoms with Crippen LogP contribution in [0.4, 0.5) is 10.1 Å². The minimum atomic E-state index is -2.60. The summed E-state index contributed by atoms with van der Waals surface area (Å²) < 4.78 is 29.3. The fraction of sp³-hybridized carbons (Fsp3) is 0.316. The number of allylic oxidation sites excluding steroid dienone is 3. The van der Waals surface area contributed by atoms with Gasteiger partial charge in [-0.3, -0.25) is 0 Å². The smallest absolute Gasteiger partial charge is 0.124 e. The SMILES string of the molecule is C=C1C=C(C(=C)F)c2cc(S(=C)(=O)N3CCCCC3C)ccc2N1. The molecule has 2 unspecified atom stereocenters. The molecular formula is C19H23FN2OS. The predicted molar refractivity (Wildman–Crippen MR) is 101 cm³/mol. The van der Waals surface area contributed by atoms with Crippen molar-refractivity contribution in [2.75, 3.05) is 11.9 Å². The predicted octanol–water partition coefficient (Wildman–Crippen LogP) is 4.36. The number of hydrogen-bond donors (Lipinski definition) is 1. The second kappa shape index (κ2) is 6.22. The van der Waals surface area contributed by atoms with Gasteiger partial charge in [0, 0.05) is 40.0 Å². The number of halogens is 1. The highest BCUT2D eigenvalue weighted by Crippen LogP contribution is 2.37. The lowest BCUT2D eigenvalue weighted by atomic mass is 9.98. The number of benzene rings is 1. The molecule has 2 heterocycles. The molecule has 0 amide bonds. The van der Waals surface area contributed by atoms with Crippen LogP contribution in [0.25, 0.3) is 5.57 Å². The lowest BCUT2D eigenvalue weighted by molar-refractivity contribution is 0.280. The molecule has 1 N–H and O–H groups in total. The summed E-state index contributed by atoms with van der Waals surface area (Å²) in [6.07, 6.45) is 4.81. The van der Waals surface area contributed by atoms with Gasteiger partial charge < -0.3 is 5.32 Å². The molecule has 0 saturated carbocycles. The summed E-state index contributed by atoms with van der Waals surface area (Å²) in [6, 6.07) is 5.61. The van der Waals surface area contributed by atoms with Gasteiger partial charge in [0.1, 0.15) is 5.83 Å². The average Bonchev–Trinajstić information content (AvgIpc) is 2.53. The number of fused-ring (bicyclic) bond motifs is 1. The molecule has 0 radical (unpaired) electrons. The quantitative estimate of drug-likeness (QED) is 0.825. The van der Waals surface area contributed by atoms with Crippen molar-refractivity contribution in [2.24, 2.45) is 0 Å². The Balaban J connectivity index is 2.06. The van der Waals surface area contributed by atoms with E-state index in [9.17, 15) is 8.60 Å². The molecule has 24 heavy (non-hydrogen) atoms. The second-order valence-corrected chi connectivity index (χ2v) is 8.67. The maximum atomic E-state index is 13.9. The zero-order valence-corrected chi connectivity index (χ0v) is 14.8. The number of nitrogens with one attached hydrogen (secondary N) is 1. The Morgan fingerprint density at radius 1 is 1.42 bits per heavy atom. The summed E-state index contributed by atoms with van der Waals surface area (Å²) in [5.41, 5.74) is 2.36. The van der Waals surface area contributed by atoms with E-state index in [1.165, 1.54) is 0 Å². The third kappa shape index (κ3) is 2.94. The van der Waals surface area contributed by atoms with Crippen molar-refractivity contribution in [1.29, 1.82) is 0 Å². The van der Waals surface area contributed by atoms with Gasteiger partial charge in [0.25, 0.3) is 0 Å². The van der Waals surface area contributed by atoms with Crippen LogP contribution < -0.4 is 5.32 Å². The van der Waals surface area contributed by atoms with Crippen LogP contribution in [0.3, 0.4) is 0 Å². The highest BCUT2D eigenvalue weighted by Gasteiger charge is 2.28. The van der Waals surface area contributed by atoms with Crippen molar-refractivity contribution in [3.8, 4) is 0 Å². The lowest BCUT2D eigenvalue weighted by Gasteiger charge is -2.36. The molecule has 2 aliphatic heterocycles. The molecule has 128 valence electrons. The Hall–Kier alpha value is -1.85. The first-order valence-electron chi connectivity index (χ1n) is 8.11. The molecule has 2 atom stereocenters. The molecule has 1 saturated heterocycles. The van der Waals surface area contributed by atoms with Crippen molar-refractivity contribution < 1.29 is 8.60 Å². The average molecular weight is 346 g/mol. The van der Waals surface area contributed by atoms with E-state index in [0.29, 0.717) is 21.7 Å². The van der Waals surface area contributed by atoms with Crippen molar-refractivity contribution in [1.82, 2.24) is 4.31 Å². The molecular weight excluding hydrogens is 323 g/mol. The summed E-state index contributed by atoms with van der Waals surface area (Å²) >= 11 is 0. The molecule has 1 aromatic carbocycles. The standard InChI is InChI=1S/C19H23FN2OS/c1-13-11-17(15(3)20)18-12-16(8-9-19(18)21-13)24(4,23)22-10-6-5-7-14(22)2/h8-9,11-12,14,21H,1,3-7,10H2,2H3. The molecule has 1 fully saturated rings. The van der Waals surface area contributed by atoms with Gasteiger partial charge in [0.05, 0.1) is 9.71 Å². The van der Waals surface area contributed by atoms with Crippen LogP contribution in [-0.2, 0) is 9.71 Å². The van der Waals surface area contributed by atoms with Gasteiger partial charge in [-0.2, -0.15) is 0 Å². The fourth-order valence-corrected chi connectivity index (χ4v) is 5.35. The normalized spacial score (nSPS) is 23.7. The van der Waals surface area contributed by atoms with Crippen LogP contribution in [0.15, 0.2) is 53.9 Å². The Morgan fingerprint density at radius 3 is 2.83 bits per heavy atom. The van der Waals surface area contributed by atoms with Gasteiger partial charge >= 0.3 is 0 Å². The topological polar surface area (TPSA) is 32.3 Å². The van der Waals surface area contributed by atoms with Crippen LogP contribution in [-0.4, -0.2) is 27.0 Å². The van der Waals surface area contributed by atoms with Crippen molar-refractivity contribution in [3.63, 3.8) is 0 Å². The van der Waals surface area contributed by atoms with Crippen LogP contribution in [0.2, 0.25) is 0 Å². The molecule has 2 aliphatic rings. The first-order valence-corrected chi connectivity index (χ1v) is 9.80. The van der Waals surface area contributed by atoms with Gasteiger partial charge in [0.2, 0.25) is 0 Å². The first kappa shape index (κ1) is 17.0. The number of piperidine rings is 1. The summed E-state index contributed by atoms with van der Waals surface area (Å²) in [7, 11) is -2.60. The summed E-state index contributed by atoms with van der Waals surface area (Å²) in [5, 5.41) is 3.11. The summed E-state index contributed by atoms with van der Waals surface area (Å²) in [6.45, 7) is 10.1. The van der Waals surface area contributed by atoms with Crippen LogP contribution in [0, 0.1) is 0 Å². The largest absolute Gasteiger partial charge is 0.355 e. The van der Waals surface area contributed by atoms with Crippen LogP contribution in [0.5, 0.6) is 0 Å². The number of nitrogens with zero attached hydrogens (tertiary/aromatic N) is 1. The number of anilines is 1. The molecule has 1 aromatic rings. The van der Waals surface area contributed by atoms with Crippen molar-refractivity contribution in [3.05, 3.63) is 54.5 Å². The van der Waals surface area contributed by atoms with Gasteiger partial charge in [-0.05, 0) is 49.9 Å². The molecule has 3 rings (SSSR count). The maximum Gasteiger partial charge on any atom is 0.124 e. The Kier molecular flexibility index (Phi) is 4.40. The summed E-state index contributed by atoms with van der Waals surface area (Å²) in [4.78, 5) is 0.622. The van der Waals surface area contributed by atoms with E-state index < -0.39 is 15.5 Å². The van der Waals surface area contributed by atoms with E-state index in [4.69, 9.17) is 0 Å². The Morgan fingerprint density at radius 2 is 2.17 bits per heavy atom. The van der Waals surface area contributed by atoms with Gasteiger partial charge in [0.15, 0.2) is 0 Å². The Bertz CT molecular complexity index is 839.